The minimum atomic E-state index is -3.91. The van der Waals surface area contributed by atoms with Crippen LogP contribution in [0.4, 0.5) is 20.2 Å². The lowest BCUT2D eigenvalue weighted by atomic mass is 10.1. The van der Waals surface area contributed by atoms with E-state index in [1.54, 1.807) is 37.5 Å². The van der Waals surface area contributed by atoms with E-state index in [9.17, 15) is 17.2 Å². The van der Waals surface area contributed by atoms with Crippen LogP contribution in [0.5, 0.6) is 0 Å². The van der Waals surface area contributed by atoms with Gasteiger partial charge >= 0.3 is 0 Å². The summed E-state index contributed by atoms with van der Waals surface area (Å²) in [7, 11) is -2.14. The minimum Gasteiger partial charge on any atom is -0.353 e. The first kappa shape index (κ1) is 23.6. The molecule has 0 aliphatic rings. The molecule has 6 nitrogen and oxygen atoms in total. The smallest absolute Gasteiger partial charge is 0.269 e. The van der Waals surface area contributed by atoms with Crippen LogP contribution in [0.25, 0.3) is 10.9 Å². The van der Waals surface area contributed by atoms with Crippen LogP contribution in [0.2, 0.25) is 0 Å². The quantitative estimate of drug-likeness (QED) is 0.418. The first-order valence-corrected chi connectivity index (χ1v) is 10.9. The van der Waals surface area contributed by atoms with E-state index < -0.39 is 21.7 Å². The SMILES string of the molecule is CNCc1cn(S(=O)(=O)c2cccnc2)c2cc(Nc3ccc(C)c(F)c3F)ccc12.Cl. The van der Waals surface area contributed by atoms with Crippen molar-refractivity contribution in [2.75, 3.05) is 12.4 Å². The number of aryl methyl sites for hydroxylation is 1. The molecule has 2 aromatic carbocycles. The van der Waals surface area contributed by atoms with Crippen LogP contribution in [0.1, 0.15) is 11.1 Å². The van der Waals surface area contributed by atoms with Crippen molar-refractivity contribution in [1.29, 1.82) is 0 Å². The fraction of sp³-hybridized carbons (Fsp3) is 0.136. The summed E-state index contributed by atoms with van der Waals surface area (Å²) in [5.74, 6) is -1.92. The Bertz CT molecular complexity index is 1380. The van der Waals surface area contributed by atoms with E-state index in [1.807, 2.05) is 0 Å². The zero-order valence-corrected chi connectivity index (χ0v) is 18.9. The van der Waals surface area contributed by atoms with Gasteiger partial charge in [-0.05, 0) is 55.4 Å². The number of rotatable bonds is 6. The lowest BCUT2D eigenvalue weighted by Gasteiger charge is -2.11. The molecule has 2 N–H and O–H groups in total. The molecule has 0 fully saturated rings. The summed E-state index contributed by atoms with van der Waals surface area (Å²) in [5.41, 5.74) is 1.78. The Morgan fingerprint density at radius 3 is 2.56 bits per heavy atom. The van der Waals surface area contributed by atoms with Crippen molar-refractivity contribution in [2.24, 2.45) is 0 Å². The highest BCUT2D eigenvalue weighted by Gasteiger charge is 2.22. The molecule has 0 amide bonds. The number of aromatic nitrogens is 2. The number of fused-ring (bicyclic) bond motifs is 1. The molecule has 0 spiro atoms. The van der Waals surface area contributed by atoms with Gasteiger partial charge in [0.25, 0.3) is 10.0 Å². The summed E-state index contributed by atoms with van der Waals surface area (Å²) in [6.45, 7) is 1.93. The number of benzene rings is 2. The second kappa shape index (κ2) is 9.23. The van der Waals surface area contributed by atoms with Crippen molar-refractivity contribution >= 4 is 44.7 Å². The molecule has 0 unspecified atom stereocenters. The predicted molar refractivity (Wildman–Crippen MR) is 123 cm³/mol. The Balaban J connectivity index is 0.00000289. The molecule has 4 rings (SSSR count). The molecular formula is C22H21ClF2N4O2S. The first-order valence-electron chi connectivity index (χ1n) is 9.48. The van der Waals surface area contributed by atoms with E-state index in [-0.39, 0.29) is 28.6 Å². The third-order valence-corrected chi connectivity index (χ3v) is 6.62. The average Bonchev–Trinajstić information content (AvgIpc) is 3.13. The lowest BCUT2D eigenvalue weighted by Crippen LogP contribution is -2.12. The zero-order chi connectivity index (χ0) is 22.2. The van der Waals surface area contributed by atoms with E-state index >= 15 is 0 Å². The van der Waals surface area contributed by atoms with Crippen molar-refractivity contribution < 1.29 is 17.2 Å². The first-order chi connectivity index (χ1) is 14.8. The normalized spacial score (nSPS) is 11.4. The van der Waals surface area contributed by atoms with Crippen molar-refractivity contribution in [3.05, 3.63) is 83.8 Å². The second-order valence-electron chi connectivity index (χ2n) is 7.09. The number of anilines is 2. The Kier molecular flexibility index (Phi) is 6.82. The predicted octanol–water partition coefficient (Wildman–Crippen LogP) is 4.74. The van der Waals surface area contributed by atoms with Gasteiger partial charge in [-0.2, -0.15) is 0 Å². The minimum absolute atomic E-state index is 0. The van der Waals surface area contributed by atoms with E-state index in [0.717, 1.165) is 10.9 Å². The molecule has 32 heavy (non-hydrogen) atoms. The molecule has 2 aromatic heterocycles. The van der Waals surface area contributed by atoms with E-state index in [1.165, 1.54) is 41.5 Å². The van der Waals surface area contributed by atoms with Crippen molar-refractivity contribution in [3.8, 4) is 0 Å². The molecule has 0 bridgehead atoms. The summed E-state index contributed by atoms with van der Waals surface area (Å²) in [5, 5.41) is 6.59. The summed E-state index contributed by atoms with van der Waals surface area (Å²) < 4.78 is 55.9. The van der Waals surface area contributed by atoms with Crippen LogP contribution in [0.3, 0.4) is 0 Å². The third-order valence-electron chi connectivity index (χ3n) is 4.97. The number of halogens is 3. The fourth-order valence-electron chi connectivity index (χ4n) is 3.39. The van der Waals surface area contributed by atoms with Gasteiger partial charge in [-0.1, -0.05) is 12.1 Å². The van der Waals surface area contributed by atoms with Crippen LogP contribution in [0.15, 0.2) is 66.0 Å². The van der Waals surface area contributed by atoms with Crippen molar-refractivity contribution in [3.63, 3.8) is 0 Å². The van der Waals surface area contributed by atoms with Crippen LogP contribution in [-0.4, -0.2) is 24.4 Å². The average molecular weight is 479 g/mol. The van der Waals surface area contributed by atoms with Gasteiger partial charge < -0.3 is 10.6 Å². The molecule has 0 saturated carbocycles. The third kappa shape index (κ3) is 4.19. The molecular weight excluding hydrogens is 458 g/mol. The largest absolute Gasteiger partial charge is 0.353 e. The molecule has 0 atom stereocenters. The van der Waals surface area contributed by atoms with Crippen LogP contribution >= 0.6 is 12.4 Å². The van der Waals surface area contributed by atoms with Gasteiger partial charge in [0, 0.05) is 36.2 Å². The highest BCUT2D eigenvalue weighted by Crippen LogP contribution is 2.30. The lowest BCUT2D eigenvalue weighted by molar-refractivity contribution is 0.506. The number of nitrogens with one attached hydrogen (secondary N) is 2. The highest BCUT2D eigenvalue weighted by molar-refractivity contribution is 7.90. The maximum absolute atomic E-state index is 14.3. The molecule has 2 heterocycles. The number of nitrogens with zero attached hydrogens (tertiary/aromatic N) is 2. The molecule has 168 valence electrons. The Morgan fingerprint density at radius 2 is 1.88 bits per heavy atom. The zero-order valence-electron chi connectivity index (χ0n) is 17.3. The van der Waals surface area contributed by atoms with E-state index in [2.05, 4.69) is 15.6 Å². The molecule has 0 saturated heterocycles. The summed E-state index contributed by atoms with van der Waals surface area (Å²) in [6, 6.07) is 11.0. The number of hydrogen-bond donors (Lipinski definition) is 2. The monoisotopic (exact) mass is 478 g/mol. The van der Waals surface area contributed by atoms with Gasteiger partial charge in [-0.25, -0.2) is 21.2 Å². The van der Waals surface area contributed by atoms with Gasteiger partial charge in [0.05, 0.1) is 11.2 Å². The Morgan fingerprint density at radius 1 is 1.09 bits per heavy atom. The topological polar surface area (TPSA) is 76.0 Å². The molecule has 10 heteroatoms. The van der Waals surface area contributed by atoms with E-state index in [4.69, 9.17) is 0 Å². The van der Waals surface area contributed by atoms with Crippen molar-refractivity contribution in [1.82, 2.24) is 14.3 Å². The maximum Gasteiger partial charge on any atom is 0.269 e. The van der Waals surface area contributed by atoms with Gasteiger partial charge in [-0.15, -0.1) is 12.4 Å². The Labute approximate surface area is 190 Å². The van der Waals surface area contributed by atoms with Gasteiger partial charge in [0.15, 0.2) is 11.6 Å². The molecule has 0 aliphatic heterocycles. The van der Waals surface area contributed by atoms with E-state index in [0.29, 0.717) is 17.7 Å². The van der Waals surface area contributed by atoms with Crippen LogP contribution < -0.4 is 10.6 Å². The standard InChI is InChI=1S/C22H20F2N4O2S.ClH/c1-14-5-8-19(22(24)21(14)23)27-16-6-7-18-15(11-25-2)13-28(20(18)10-16)31(29,30)17-4-3-9-26-12-17;/h3-10,12-13,25,27H,11H2,1-2H3;1H. The van der Waals surface area contributed by atoms with Crippen LogP contribution in [0, 0.1) is 18.6 Å². The Hall–Kier alpha value is -3.01. The molecule has 0 aliphatic carbocycles. The van der Waals surface area contributed by atoms with Gasteiger partial charge in [0.1, 0.15) is 4.90 Å². The van der Waals surface area contributed by atoms with Gasteiger partial charge in [-0.3, -0.25) is 4.98 Å². The highest BCUT2D eigenvalue weighted by atomic mass is 35.5. The summed E-state index contributed by atoms with van der Waals surface area (Å²) in [6.07, 6.45) is 4.33. The summed E-state index contributed by atoms with van der Waals surface area (Å²) >= 11 is 0. The molecule has 4 aromatic rings. The number of hydrogen-bond acceptors (Lipinski definition) is 5. The van der Waals surface area contributed by atoms with Crippen molar-refractivity contribution in [2.45, 2.75) is 18.4 Å². The fourth-order valence-corrected chi connectivity index (χ4v) is 4.73. The van der Waals surface area contributed by atoms with Gasteiger partial charge in [0.2, 0.25) is 0 Å². The maximum atomic E-state index is 14.3. The second-order valence-corrected chi connectivity index (χ2v) is 8.90. The summed E-state index contributed by atoms with van der Waals surface area (Å²) in [4.78, 5) is 3.95. The molecule has 0 radical (unpaired) electrons. The van der Waals surface area contributed by atoms with Crippen LogP contribution in [-0.2, 0) is 16.6 Å². The number of pyridine rings is 1.